The van der Waals surface area contributed by atoms with Crippen LogP contribution in [0.2, 0.25) is 0 Å². The van der Waals surface area contributed by atoms with E-state index in [2.05, 4.69) is 4.74 Å². The number of carbonyl (C=O) groups is 1. The number of carbonyl (C=O) groups excluding carboxylic acids is 1. The van der Waals surface area contributed by atoms with Gasteiger partial charge in [0.25, 0.3) is 0 Å². The Bertz CT molecular complexity index is 457. The third-order valence-corrected chi connectivity index (χ3v) is 3.16. The average molecular weight is 266 g/mol. The highest BCUT2D eigenvalue weighted by Gasteiger charge is 2.25. The number of ether oxygens (including phenoxy) is 3. The monoisotopic (exact) mass is 266 g/mol. The molecule has 1 aromatic carbocycles. The van der Waals surface area contributed by atoms with Gasteiger partial charge in [0.1, 0.15) is 0 Å². The SMILES string of the molecule is COC(=O)C(C)C(O)c1ccc2c(c1)OCCCO2. The van der Waals surface area contributed by atoms with E-state index in [4.69, 9.17) is 9.47 Å². The minimum Gasteiger partial charge on any atom is -0.490 e. The molecule has 0 aromatic heterocycles. The van der Waals surface area contributed by atoms with Crippen LogP contribution < -0.4 is 9.47 Å². The van der Waals surface area contributed by atoms with Crippen molar-refractivity contribution in [2.75, 3.05) is 20.3 Å². The van der Waals surface area contributed by atoms with Gasteiger partial charge >= 0.3 is 5.97 Å². The van der Waals surface area contributed by atoms with Gasteiger partial charge in [-0.15, -0.1) is 0 Å². The van der Waals surface area contributed by atoms with Crippen LogP contribution in [0, 0.1) is 5.92 Å². The second kappa shape index (κ2) is 5.93. The number of aliphatic hydroxyl groups excluding tert-OH is 1. The summed E-state index contributed by atoms with van der Waals surface area (Å²) in [5, 5.41) is 10.2. The fourth-order valence-electron chi connectivity index (χ4n) is 1.97. The van der Waals surface area contributed by atoms with Crippen LogP contribution in [0.1, 0.15) is 25.0 Å². The second-order valence-corrected chi connectivity index (χ2v) is 4.51. The summed E-state index contributed by atoms with van der Waals surface area (Å²) in [7, 11) is 1.31. The van der Waals surface area contributed by atoms with Crippen LogP contribution in [0.3, 0.4) is 0 Å². The molecular weight excluding hydrogens is 248 g/mol. The van der Waals surface area contributed by atoms with Gasteiger partial charge in [0.15, 0.2) is 11.5 Å². The molecule has 0 amide bonds. The summed E-state index contributed by atoms with van der Waals surface area (Å²) in [4.78, 5) is 11.4. The minimum atomic E-state index is -0.926. The van der Waals surface area contributed by atoms with E-state index >= 15 is 0 Å². The predicted molar refractivity (Wildman–Crippen MR) is 68.2 cm³/mol. The molecule has 0 saturated heterocycles. The Kier molecular flexibility index (Phi) is 4.27. The number of hydrogen-bond donors (Lipinski definition) is 1. The molecule has 1 heterocycles. The van der Waals surface area contributed by atoms with Crippen LogP contribution in [-0.4, -0.2) is 31.4 Å². The molecule has 1 aliphatic rings. The Morgan fingerprint density at radius 1 is 1.32 bits per heavy atom. The van der Waals surface area contributed by atoms with Gasteiger partial charge in [-0.25, -0.2) is 0 Å². The van der Waals surface area contributed by atoms with Crippen LogP contribution in [0.25, 0.3) is 0 Å². The van der Waals surface area contributed by atoms with Crippen molar-refractivity contribution < 1.29 is 24.1 Å². The molecule has 0 radical (unpaired) electrons. The molecule has 0 saturated carbocycles. The lowest BCUT2D eigenvalue weighted by Gasteiger charge is -2.18. The van der Waals surface area contributed by atoms with Crippen molar-refractivity contribution >= 4 is 5.97 Å². The second-order valence-electron chi connectivity index (χ2n) is 4.51. The van der Waals surface area contributed by atoms with Crippen LogP contribution in [-0.2, 0) is 9.53 Å². The van der Waals surface area contributed by atoms with E-state index in [0.717, 1.165) is 6.42 Å². The summed E-state index contributed by atoms with van der Waals surface area (Å²) in [5.74, 6) is 0.194. The Morgan fingerprint density at radius 2 is 2.00 bits per heavy atom. The molecule has 0 fully saturated rings. The van der Waals surface area contributed by atoms with Crippen LogP contribution in [0.15, 0.2) is 18.2 Å². The molecular formula is C14H18O5. The lowest BCUT2D eigenvalue weighted by atomic mass is 9.97. The molecule has 1 aliphatic heterocycles. The zero-order chi connectivity index (χ0) is 13.8. The normalized spacial score (nSPS) is 17.2. The van der Waals surface area contributed by atoms with Gasteiger partial charge in [-0.3, -0.25) is 4.79 Å². The van der Waals surface area contributed by atoms with Crippen LogP contribution in [0.4, 0.5) is 0 Å². The summed E-state index contributed by atoms with van der Waals surface area (Å²) in [6.07, 6.45) is -0.102. The zero-order valence-electron chi connectivity index (χ0n) is 11.1. The largest absolute Gasteiger partial charge is 0.490 e. The number of rotatable bonds is 3. The van der Waals surface area contributed by atoms with Gasteiger partial charge in [-0.05, 0) is 24.6 Å². The van der Waals surface area contributed by atoms with Gasteiger partial charge in [0, 0.05) is 6.42 Å². The molecule has 104 valence electrons. The Morgan fingerprint density at radius 3 is 2.68 bits per heavy atom. The van der Waals surface area contributed by atoms with Crippen molar-refractivity contribution in [3.8, 4) is 11.5 Å². The van der Waals surface area contributed by atoms with Crippen molar-refractivity contribution in [1.29, 1.82) is 0 Å². The Hall–Kier alpha value is -1.75. The van der Waals surface area contributed by atoms with Crippen LogP contribution >= 0.6 is 0 Å². The number of aliphatic hydroxyl groups is 1. The van der Waals surface area contributed by atoms with E-state index in [0.29, 0.717) is 30.3 Å². The molecule has 2 rings (SSSR count). The molecule has 0 spiro atoms. The molecule has 0 bridgehead atoms. The first-order chi connectivity index (χ1) is 9.13. The molecule has 0 aliphatic carbocycles. The summed E-state index contributed by atoms with van der Waals surface area (Å²) in [5.41, 5.74) is 0.613. The van der Waals surface area contributed by atoms with E-state index in [1.54, 1.807) is 25.1 Å². The van der Waals surface area contributed by atoms with E-state index in [-0.39, 0.29) is 0 Å². The molecule has 2 atom stereocenters. The molecule has 2 unspecified atom stereocenters. The first-order valence-corrected chi connectivity index (χ1v) is 6.29. The Balaban J connectivity index is 2.21. The number of hydrogen-bond acceptors (Lipinski definition) is 5. The third kappa shape index (κ3) is 2.98. The number of esters is 1. The van der Waals surface area contributed by atoms with E-state index in [1.165, 1.54) is 7.11 Å². The maximum atomic E-state index is 11.4. The first-order valence-electron chi connectivity index (χ1n) is 6.29. The first kappa shape index (κ1) is 13.7. The minimum absolute atomic E-state index is 0.445. The molecule has 5 heteroatoms. The zero-order valence-corrected chi connectivity index (χ0v) is 11.1. The Labute approximate surface area is 112 Å². The van der Waals surface area contributed by atoms with Gasteiger partial charge in [-0.2, -0.15) is 0 Å². The van der Waals surface area contributed by atoms with Crippen molar-refractivity contribution in [1.82, 2.24) is 0 Å². The summed E-state index contributed by atoms with van der Waals surface area (Å²) in [6.45, 7) is 2.83. The highest BCUT2D eigenvalue weighted by molar-refractivity contribution is 5.72. The average Bonchev–Trinajstić information content (AvgIpc) is 2.69. The number of fused-ring (bicyclic) bond motifs is 1. The van der Waals surface area contributed by atoms with Gasteiger partial charge in [0.2, 0.25) is 0 Å². The third-order valence-electron chi connectivity index (χ3n) is 3.16. The number of methoxy groups -OCH3 is 1. The lowest BCUT2D eigenvalue weighted by molar-refractivity contribution is -0.148. The van der Waals surface area contributed by atoms with Gasteiger partial charge in [-0.1, -0.05) is 6.07 Å². The van der Waals surface area contributed by atoms with E-state index in [9.17, 15) is 9.90 Å². The summed E-state index contributed by atoms with van der Waals surface area (Å²) < 4.78 is 15.7. The topological polar surface area (TPSA) is 65.0 Å². The standard InChI is InChI=1S/C14H18O5/c1-9(14(16)17-2)13(15)10-4-5-11-12(8-10)19-7-3-6-18-11/h4-5,8-9,13,15H,3,6-7H2,1-2H3. The lowest BCUT2D eigenvalue weighted by Crippen LogP contribution is -2.20. The summed E-state index contributed by atoms with van der Waals surface area (Å²) >= 11 is 0. The van der Waals surface area contributed by atoms with Crippen molar-refractivity contribution in [3.05, 3.63) is 23.8 Å². The van der Waals surface area contributed by atoms with Crippen molar-refractivity contribution in [3.63, 3.8) is 0 Å². The van der Waals surface area contributed by atoms with E-state index < -0.39 is 18.0 Å². The van der Waals surface area contributed by atoms with Crippen molar-refractivity contribution in [2.45, 2.75) is 19.4 Å². The van der Waals surface area contributed by atoms with E-state index in [1.807, 2.05) is 0 Å². The van der Waals surface area contributed by atoms with Gasteiger partial charge < -0.3 is 19.3 Å². The smallest absolute Gasteiger partial charge is 0.311 e. The van der Waals surface area contributed by atoms with Crippen molar-refractivity contribution in [2.24, 2.45) is 5.92 Å². The molecule has 1 aromatic rings. The maximum Gasteiger partial charge on any atom is 0.311 e. The molecule has 19 heavy (non-hydrogen) atoms. The fraction of sp³-hybridized carbons (Fsp3) is 0.500. The highest BCUT2D eigenvalue weighted by atomic mass is 16.5. The molecule has 1 N–H and O–H groups in total. The van der Waals surface area contributed by atoms with Crippen LogP contribution in [0.5, 0.6) is 11.5 Å². The maximum absolute atomic E-state index is 11.4. The highest BCUT2D eigenvalue weighted by Crippen LogP contribution is 2.34. The number of benzene rings is 1. The predicted octanol–water partition coefficient (Wildman–Crippen LogP) is 1.69. The fourth-order valence-corrected chi connectivity index (χ4v) is 1.97. The van der Waals surface area contributed by atoms with Gasteiger partial charge in [0.05, 0.1) is 32.3 Å². The summed E-state index contributed by atoms with van der Waals surface area (Å²) in [6, 6.07) is 5.20. The molecule has 5 nitrogen and oxygen atoms in total. The quantitative estimate of drug-likeness (QED) is 0.843.